The highest BCUT2D eigenvalue weighted by atomic mass is 35.5. The third kappa shape index (κ3) is 3.76. The van der Waals surface area contributed by atoms with E-state index in [1.807, 2.05) is 30.3 Å². The maximum absolute atomic E-state index is 12.1. The number of benzene rings is 1. The summed E-state index contributed by atoms with van der Waals surface area (Å²) in [6, 6.07) is 9.78. The van der Waals surface area contributed by atoms with Crippen LogP contribution in [-0.2, 0) is 9.53 Å². The minimum atomic E-state index is -0.689. The normalized spacial score (nSPS) is 22.7. The topological polar surface area (TPSA) is 62.7 Å². The summed E-state index contributed by atoms with van der Waals surface area (Å²) in [7, 11) is 0. The van der Waals surface area contributed by atoms with Crippen molar-refractivity contribution in [3.05, 3.63) is 35.4 Å². The molecule has 0 spiro atoms. The van der Waals surface area contributed by atoms with Crippen molar-refractivity contribution >= 4 is 34.3 Å². The zero-order chi connectivity index (χ0) is 18.9. The summed E-state index contributed by atoms with van der Waals surface area (Å²) in [5, 5.41) is 11.6. The van der Waals surface area contributed by atoms with Crippen molar-refractivity contribution in [2.75, 3.05) is 24.6 Å². The Bertz CT molecular complexity index is 827. The average Bonchev–Trinajstić information content (AvgIpc) is 2.69. The molecule has 1 atom stereocenters. The minimum absolute atomic E-state index is 0.0824. The molecule has 1 N–H and O–H groups in total. The molecule has 0 amide bonds. The van der Waals surface area contributed by atoms with Crippen LogP contribution in [0.4, 0.5) is 5.82 Å². The highest BCUT2D eigenvalue weighted by Crippen LogP contribution is 2.40. The van der Waals surface area contributed by atoms with Crippen LogP contribution in [0.1, 0.15) is 38.5 Å². The van der Waals surface area contributed by atoms with Crippen molar-refractivity contribution < 1.29 is 14.6 Å². The number of aromatic nitrogens is 1. The second-order valence-electron chi connectivity index (χ2n) is 7.75. The number of aliphatic carboxylic acids is 1. The number of fused-ring (bicyclic) bond motifs is 1. The molecular formula is C21H25ClN2O3. The van der Waals surface area contributed by atoms with Crippen LogP contribution >= 0.6 is 11.6 Å². The fourth-order valence-corrected chi connectivity index (χ4v) is 4.57. The number of para-hydroxylation sites is 1. The second kappa shape index (κ2) is 7.64. The monoisotopic (exact) mass is 388 g/mol. The number of ether oxygens (including phenoxy) is 1. The molecular weight excluding hydrogens is 364 g/mol. The van der Waals surface area contributed by atoms with E-state index in [0.717, 1.165) is 42.6 Å². The summed E-state index contributed by atoms with van der Waals surface area (Å²) >= 11 is 6.29. The first-order valence-corrected chi connectivity index (χ1v) is 10.1. The summed E-state index contributed by atoms with van der Waals surface area (Å²) < 4.78 is 5.82. The maximum Gasteiger partial charge on any atom is 0.309 e. The first kappa shape index (κ1) is 18.5. The van der Waals surface area contributed by atoms with E-state index < -0.39 is 11.4 Å². The zero-order valence-electron chi connectivity index (χ0n) is 15.4. The number of hydrogen-bond donors (Lipinski definition) is 1. The Balaban J connectivity index is 1.49. The van der Waals surface area contributed by atoms with Crippen LogP contribution in [-0.4, -0.2) is 41.9 Å². The maximum atomic E-state index is 12.1. The molecule has 144 valence electrons. The van der Waals surface area contributed by atoms with Gasteiger partial charge < -0.3 is 14.7 Å². The van der Waals surface area contributed by atoms with Gasteiger partial charge in [0, 0.05) is 25.1 Å². The van der Waals surface area contributed by atoms with E-state index in [2.05, 4.69) is 4.90 Å². The molecule has 1 aromatic heterocycles. The Hall–Kier alpha value is -1.85. The summed E-state index contributed by atoms with van der Waals surface area (Å²) in [4.78, 5) is 19.0. The van der Waals surface area contributed by atoms with E-state index in [4.69, 9.17) is 21.3 Å². The number of hydrogen-bond acceptors (Lipinski definition) is 4. The number of piperidine rings is 1. The summed E-state index contributed by atoms with van der Waals surface area (Å²) in [5.74, 6) is 0.175. The molecule has 2 saturated heterocycles. The van der Waals surface area contributed by atoms with Gasteiger partial charge in [0.15, 0.2) is 0 Å². The van der Waals surface area contributed by atoms with Crippen LogP contribution in [0.15, 0.2) is 30.3 Å². The van der Waals surface area contributed by atoms with E-state index in [1.165, 1.54) is 0 Å². The number of pyridine rings is 1. The molecule has 2 aliphatic heterocycles. The molecule has 2 fully saturated rings. The van der Waals surface area contributed by atoms with Gasteiger partial charge in [-0.1, -0.05) is 23.7 Å². The van der Waals surface area contributed by atoms with Crippen molar-refractivity contribution in [2.45, 2.75) is 44.6 Å². The SMILES string of the molecule is O=C(O)C1(CC2CCCCO2)CCN(c2ccc3cccc(Cl)c3n2)CC1. The summed E-state index contributed by atoms with van der Waals surface area (Å²) in [6.07, 6.45) is 5.12. The van der Waals surface area contributed by atoms with Crippen molar-refractivity contribution in [3.63, 3.8) is 0 Å². The van der Waals surface area contributed by atoms with Gasteiger partial charge in [0.25, 0.3) is 0 Å². The Morgan fingerprint density at radius 1 is 1.26 bits per heavy atom. The number of nitrogens with zero attached hydrogens (tertiary/aromatic N) is 2. The Morgan fingerprint density at radius 3 is 2.78 bits per heavy atom. The summed E-state index contributed by atoms with van der Waals surface area (Å²) in [6.45, 7) is 2.12. The lowest BCUT2D eigenvalue weighted by Crippen LogP contribution is -2.47. The number of carbonyl (C=O) groups is 1. The van der Waals surface area contributed by atoms with Gasteiger partial charge in [0.05, 0.1) is 22.1 Å². The molecule has 5 nitrogen and oxygen atoms in total. The number of carboxylic acids is 1. The third-order valence-electron chi connectivity index (χ3n) is 6.05. The van der Waals surface area contributed by atoms with E-state index >= 15 is 0 Å². The lowest BCUT2D eigenvalue weighted by molar-refractivity contribution is -0.154. The molecule has 2 aromatic rings. The average molecular weight is 389 g/mol. The van der Waals surface area contributed by atoms with Gasteiger partial charge in [0.2, 0.25) is 0 Å². The number of halogens is 1. The standard InChI is InChI=1S/C21H25ClN2O3/c22-17-6-3-4-15-7-8-18(23-19(15)17)24-11-9-21(10-12-24,20(25)26)14-16-5-1-2-13-27-16/h3-4,6-8,16H,1-2,5,9-14H2,(H,25,26). The quantitative estimate of drug-likeness (QED) is 0.834. The predicted octanol–water partition coefficient (Wildman–Crippen LogP) is 4.52. The van der Waals surface area contributed by atoms with Gasteiger partial charge in [-0.05, 0) is 56.7 Å². The molecule has 0 saturated carbocycles. The molecule has 0 radical (unpaired) electrons. The highest BCUT2D eigenvalue weighted by Gasteiger charge is 2.43. The molecule has 27 heavy (non-hydrogen) atoms. The van der Waals surface area contributed by atoms with Crippen molar-refractivity contribution in [2.24, 2.45) is 5.41 Å². The third-order valence-corrected chi connectivity index (χ3v) is 6.35. The first-order valence-electron chi connectivity index (χ1n) is 9.73. The predicted molar refractivity (Wildman–Crippen MR) is 106 cm³/mol. The van der Waals surface area contributed by atoms with Crippen molar-refractivity contribution in [1.29, 1.82) is 0 Å². The Labute approximate surface area is 164 Å². The highest BCUT2D eigenvalue weighted by molar-refractivity contribution is 6.35. The molecule has 6 heteroatoms. The van der Waals surface area contributed by atoms with E-state index in [-0.39, 0.29) is 6.10 Å². The molecule has 0 aliphatic carbocycles. The first-order chi connectivity index (χ1) is 13.1. The van der Waals surface area contributed by atoms with Gasteiger partial charge in [-0.25, -0.2) is 4.98 Å². The van der Waals surface area contributed by atoms with Crippen LogP contribution in [0.2, 0.25) is 5.02 Å². The van der Waals surface area contributed by atoms with Crippen LogP contribution in [0.3, 0.4) is 0 Å². The number of anilines is 1. The number of rotatable bonds is 4. The smallest absolute Gasteiger partial charge is 0.309 e. The van der Waals surface area contributed by atoms with Gasteiger partial charge in [-0.15, -0.1) is 0 Å². The van der Waals surface area contributed by atoms with Crippen LogP contribution in [0.25, 0.3) is 10.9 Å². The largest absolute Gasteiger partial charge is 0.481 e. The molecule has 1 unspecified atom stereocenters. The molecule has 4 rings (SSSR count). The van der Waals surface area contributed by atoms with Gasteiger partial charge in [-0.2, -0.15) is 0 Å². The lowest BCUT2D eigenvalue weighted by atomic mass is 9.73. The van der Waals surface area contributed by atoms with Gasteiger partial charge in [-0.3, -0.25) is 4.79 Å². The van der Waals surface area contributed by atoms with Gasteiger partial charge in [0.1, 0.15) is 5.82 Å². The second-order valence-corrected chi connectivity index (χ2v) is 8.15. The van der Waals surface area contributed by atoms with Gasteiger partial charge >= 0.3 is 5.97 Å². The Kier molecular flexibility index (Phi) is 5.24. The zero-order valence-corrected chi connectivity index (χ0v) is 16.1. The van der Waals surface area contributed by atoms with E-state index in [1.54, 1.807) is 0 Å². The Morgan fingerprint density at radius 2 is 2.07 bits per heavy atom. The fraction of sp³-hybridized carbons (Fsp3) is 0.524. The number of carboxylic acid groups (broad SMARTS) is 1. The van der Waals surface area contributed by atoms with Crippen molar-refractivity contribution in [1.82, 2.24) is 4.98 Å². The molecule has 2 aliphatic rings. The van der Waals surface area contributed by atoms with E-state index in [9.17, 15) is 9.90 Å². The van der Waals surface area contributed by atoms with Crippen molar-refractivity contribution in [3.8, 4) is 0 Å². The summed E-state index contributed by atoms with van der Waals surface area (Å²) in [5.41, 5.74) is 0.106. The lowest BCUT2D eigenvalue weighted by Gasteiger charge is -2.41. The van der Waals surface area contributed by atoms with Crippen LogP contribution in [0.5, 0.6) is 0 Å². The molecule has 3 heterocycles. The minimum Gasteiger partial charge on any atom is -0.481 e. The molecule has 0 bridgehead atoms. The van der Waals surface area contributed by atoms with Crippen LogP contribution in [0, 0.1) is 5.41 Å². The fourth-order valence-electron chi connectivity index (χ4n) is 4.35. The van der Waals surface area contributed by atoms with Crippen LogP contribution < -0.4 is 4.90 Å². The molecule has 1 aromatic carbocycles. The van der Waals surface area contributed by atoms with E-state index in [0.29, 0.717) is 37.4 Å².